The number of amides is 2. The first-order valence-corrected chi connectivity index (χ1v) is 12.0. The van der Waals surface area contributed by atoms with Crippen LogP contribution in [0.1, 0.15) is 41.7 Å². The second kappa shape index (κ2) is 11.8. The van der Waals surface area contributed by atoms with Crippen LogP contribution in [0.25, 0.3) is 0 Å². The summed E-state index contributed by atoms with van der Waals surface area (Å²) in [5, 5.41) is 3.59. The van der Waals surface area contributed by atoms with Crippen molar-refractivity contribution in [3.63, 3.8) is 0 Å². The van der Waals surface area contributed by atoms with Crippen molar-refractivity contribution < 1.29 is 9.59 Å². The molecule has 0 aliphatic rings. The lowest BCUT2D eigenvalue weighted by Crippen LogP contribution is -2.52. The highest BCUT2D eigenvalue weighted by molar-refractivity contribution is 6.31. The van der Waals surface area contributed by atoms with Gasteiger partial charge in [0.15, 0.2) is 0 Å². The minimum atomic E-state index is -0.667. The van der Waals surface area contributed by atoms with Crippen LogP contribution >= 0.6 is 11.6 Å². The van der Waals surface area contributed by atoms with Crippen LogP contribution in [0, 0.1) is 13.8 Å². The first kappa shape index (κ1) is 25.5. The molecule has 0 saturated carbocycles. The maximum atomic E-state index is 13.8. The average molecular weight is 477 g/mol. The molecule has 5 heteroatoms. The molecular weight excluding hydrogens is 444 g/mol. The maximum Gasteiger partial charge on any atom is 0.243 e. The quantitative estimate of drug-likeness (QED) is 0.433. The van der Waals surface area contributed by atoms with Crippen molar-refractivity contribution in [2.75, 3.05) is 0 Å². The summed E-state index contributed by atoms with van der Waals surface area (Å²) in [6.07, 6.45) is 0.635. The van der Waals surface area contributed by atoms with Gasteiger partial charge < -0.3 is 10.2 Å². The first-order chi connectivity index (χ1) is 16.2. The molecule has 0 aliphatic heterocycles. The van der Waals surface area contributed by atoms with E-state index in [9.17, 15) is 9.59 Å². The summed E-state index contributed by atoms with van der Waals surface area (Å²) in [7, 11) is 0. The molecule has 0 radical (unpaired) electrons. The van der Waals surface area contributed by atoms with Gasteiger partial charge in [0.1, 0.15) is 6.04 Å². The molecule has 2 amide bonds. The Morgan fingerprint density at radius 3 is 2.12 bits per heavy atom. The summed E-state index contributed by atoms with van der Waals surface area (Å²) >= 11 is 6.47. The maximum absolute atomic E-state index is 13.8. The van der Waals surface area contributed by atoms with Crippen molar-refractivity contribution in [3.8, 4) is 0 Å². The minimum Gasteiger partial charge on any atom is -0.352 e. The summed E-state index contributed by atoms with van der Waals surface area (Å²) in [5.74, 6) is -0.274. The molecule has 3 aromatic rings. The lowest BCUT2D eigenvalue weighted by molar-refractivity contribution is -0.141. The van der Waals surface area contributed by atoms with Crippen molar-refractivity contribution in [1.29, 1.82) is 0 Å². The average Bonchev–Trinajstić information content (AvgIpc) is 2.76. The normalized spacial score (nSPS) is 11.8. The second-order valence-electron chi connectivity index (χ2n) is 9.15. The number of halogens is 1. The smallest absolute Gasteiger partial charge is 0.243 e. The highest BCUT2D eigenvalue weighted by Crippen LogP contribution is 2.22. The van der Waals surface area contributed by atoms with Gasteiger partial charge in [-0.05, 0) is 50.5 Å². The highest BCUT2D eigenvalue weighted by Gasteiger charge is 2.31. The molecule has 0 spiro atoms. The summed E-state index contributed by atoms with van der Waals surface area (Å²) < 4.78 is 0. The fourth-order valence-electron chi connectivity index (χ4n) is 4.19. The standard InChI is InChI=1S/C29H33ClN2O2/c1-20(2)31-29(34)27(17-23-10-6-5-7-11-23)32(19-25-12-8-9-13-26(25)30)28(33)18-24-15-21(3)14-22(4)16-24/h5-16,20,27H,17-19H2,1-4H3,(H,31,34)/t27-/m0/s1. The van der Waals surface area contributed by atoms with E-state index < -0.39 is 6.04 Å². The molecular formula is C29H33ClN2O2. The molecule has 0 heterocycles. The van der Waals surface area contributed by atoms with Crippen LogP contribution in [0.3, 0.4) is 0 Å². The predicted molar refractivity (Wildman–Crippen MR) is 139 cm³/mol. The third-order valence-electron chi connectivity index (χ3n) is 5.64. The number of benzene rings is 3. The Hall–Kier alpha value is -3.11. The van der Waals surface area contributed by atoms with Gasteiger partial charge in [-0.25, -0.2) is 0 Å². The number of hydrogen-bond donors (Lipinski definition) is 1. The molecule has 3 aromatic carbocycles. The summed E-state index contributed by atoms with van der Waals surface area (Å²) in [4.78, 5) is 28.9. The van der Waals surface area contributed by atoms with E-state index in [1.54, 1.807) is 4.90 Å². The summed E-state index contributed by atoms with van der Waals surface area (Å²) in [5.41, 5.74) is 4.97. The van der Waals surface area contributed by atoms with E-state index in [0.717, 1.165) is 27.8 Å². The van der Waals surface area contributed by atoms with E-state index in [1.165, 1.54) is 0 Å². The number of nitrogens with one attached hydrogen (secondary N) is 1. The van der Waals surface area contributed by atoms with Gasteiger partial charge in [-0.15, -0.1) is 0 Å². The second-order valence-corrected chi connectivity index (χ2v) is 9.56. The predicted octanol–water partition coefficient (Wildman–Crippen LogP) is 5.66. The number of carbonyl (C=O) groups is 2. The van der Waals surface area contributed by atoms with Gasteiger partial charge >= 0.3 is 0 Å². The van der Waals surface area contributed by atoms with Gasteiger partial charge in [0.25, 0.3) is 0 Å². The zero-order chi connectivity index (χ0) is 24.7. The molecule has 0 fully saturated rings. The van der Waals surface area contributed by atoms with Crippen LogP contribution in [-0.2, 0) is 29.0 Å². The Labute approximate surface area is 207 Å². The highest BCUT2D eigenvalue weighted by atomic mass is 35.5. The number of aryl methyl sites for hydroxylation is 2. The van der Waals surface area contributed by atoms with E-state index in [2.05, 4.69) is 11.4 Å². The lowest BCUT2D eigenvalue weighted by atomic mass is 10.00. The molecule has 1 atom stereocenters. The van der Waals surface area contributed by atoms with Crippen LogP contribution < -0.4 is 5.32 Å². The Balaban J connectivity index is 2.00. The largest absolute Gasteiger partial charge is 0.352 e. The molecule has 34 heavy (non-hydrogen) atoms. The Bertz CT molecular complexity index is 1110. The summed E-state index contributed by atoms with van der Waals surface area (Å²) in [6.45, 7) is 8.15. The van der Waals surface area contributed by atoms with Gasteiger partial charge in [-0.1, -0.05) is 89.5 Å². The zero-order valence-corrected chi connectivity index (χ0v) is 21.1. The van der Waals surface area contributed by atoms with E-state index in [-0.39, 0.29) is 30.8 Å². The third kappa shape index (κ3) is 7.19. The third-order valence-corrected chi connectivity index (χ3v) is 6.01. The topological polar surface area (TPSA) is 49.4 Å². The minimum absolute atomic E-state index is 0.0394. The van der Waals surface area contributed by atoms with Crippen LogP contribution in [0.15, 0.2) is 72.8 Å². The van der Waals surface area contributed by atoms with E-state index in [0.29, 0.717) is 11.4 Å². The number of carbonyl (C=O) groups excluding carboxylic acids is 2. The van der Waals surface area contributed by atoms with Gasteiger partial charge in [-0.2, -0.15) is 0 Å². The molecule has 4 nitrogen and oxygen atoms in total. The number of nitrogens with zero attached hydrogens (tertiary/aromatic N) is 1. The monoisotopic (exact) mass is 476 g/mol. The zero-order valence-electron chi connectivity index (χ0n) is 20.3. The molecule has 0 aliphatic carbocycles. The van der Waals surface area contributed by atoms with Crippen molar-refractivity contribution in [2.45, 2.75) is 59.2 Å². The Morgan fingerprint density at radius 1 is 0.882 bits per heavy atom. The van der Waals surface area contributed by atoms with Crippen LogP contribution in [-0.4, -0.2) is 28.8 Å². The molecule has 0 unspecified atom stereocenters. The van der Waals surface area contributed by atoms with E-state index in [1.807, 2.05) is 94.4 Å². The van der Waals surface area contributed by atoms with E-state index in [4.69, 9.17) is 11.6 Å². The number of hydrogen-bond acceptors (Lipinski definition) is 2. The van der Waals surface area contributed by atoms with Crippen molar-refractivity contribution in [1.82, 2.24) is 10.2 Å². The molecule has 178 valence electrons. The molecule has 0 bridgehead atoms. The fraction of sp³-hybridized carbons (Fsp3) is 0.310. The Morgan fingerprint density at radius 2 is 1.50 bits per heavy atom. The van der Waals surface area contributed by atoms with E-state index >= 15 is 0 Å². The molecule has 0 saturated heterocycles. The van der Waals surface area contributed by atoms with Gasteiger partial charge in [-0.3, -0.25) is 9.59 Å². The van der Waals surface area contributed by atoms with Crippen LogP contribution in [0.2, 0.25) is 5.02 Å². The number of rotatable bonds is 9. The van der Waals surface area contributed by atoms with Crippen LogP contribution in [0.5, 0.6) is 0 Å². The first-order valence-electron chi connectivity index (χ1n) is 11.7. The van der Waals surface area contributed by atoms with Gasteiger partial charge in [0.2, 0.25) is 11.8 Å². The van der Waals surface area contributed by atoms with Crippen molar-refractivity contribution in [2.24, 2.45) is 0 Å². The molecule has 1 N–H and O–H groups in total. The van der Waals surface area contributed by atoms with Gasteiger partial charge in [0.05, 0.1) is 6.42 Å². The fourth-order valence-corrected chi connectivity index (χ4v) is 4.39. The molecule has 3 rings (SSSR count). The van der Waals surface area contributed by atoms with Crippen LogP contribution in [0.4, 0.5) is 0 Å². The van der Waals surface area contributed by atoms with Crippen molar-refractivity contribution in [3.05, 3.63) is 106 Å². The molecule has 0 aromatic heterocycles. The van der Waals surface area contributed by atoms with Gasteiger partial charge in [0, 0.05) is 24.0 Å². The lowest BCUT2D eigenvalue weighted by Gasteiger charge is -2.32. The SMILES string of the molecule is Cc1cc(C)cc(CC(=O)N(Cc2ccccc2Cl)[C@@H](Cc2ccccc2)C(=O)NC(C)C)c1. The summed E-state index contributed by atoms with van der Waals surface area (Å²) in [6, 6.07) is 22.7. The van der Waals surface area contributed by atoms with Crippen molar-refractivity contribution >= 4 is 23.4 Å². The Kier molecular flexibility index (Phi) is 8.89.